The van der Waals surface area contributed by atoms with Crippen LogP contribution in [0.25, 0.3) is 0 Å². The molecule has 7 heteroatoms. The largest absolute Gasteiger partial charge is 0.372 e. The molecule has 2 aromatic carbocycles. The zero-order valence-corrected chi connectivity index (χ0v) is 20.8. The smallest absolute Gasteiger partial charge is 0.262 e. The number of hydrogen-bond acceptors (Lipinski definition) is 6. The number of pyridine rings is 1. The Morgan fingerprint density at radius 2 is 1.91 bits per heavy atom. The van der Waals surface area contributed by atoms with Crippen molar-refractivity contribution in [2.24, 2.45) is 0 Å². The van der Waals surface area contributed by atoms with Gasteiger partial charge in [-0.3, -0.25) is 4.79 Å². The molecular formula is C28H35N5O2. The molecule has 2 heterocycles. The molecule has 0 aliphatic carbocycles. The Bertz CT molecular complexity index is 1120. The van der Waals surface area contributed by atoms with Gasteiger partial charge in [0.1, 0.15) is 5.82 Å². The number of nitrogens with one attached hydrogen (secondary N) is 2. The van der Waals surface area contributed by atoms with Crippen LogP contribution in [0.2, 0.25) is 0 Å². The predicted molar refractivity (Wildman–Crippen MR) is 142 cm³/mol. The summed E-state index contributed by atoms with van der Waals surface area (Å²) in [6.45, 7) is 5.49. The number of aromatic nitrogens is 1. The molecule has 0 bridgehead atoms. The first-order chi connectivity index (χ1) is 17.1. The summed E-state index contributed by atoms with van der Waals surface area (Å²) in [7, 11) is 3.97. The predicted octanol–water partition coefficient (Wildman–Crippen LogP) is 4.48. The highest BCUT2D eigenvalue weighted by atomic mass is 16.5. The Balaban J connectivity index is 1.52. The average Bonchev–Trinajstić information content (AvgIpc) is 3.01. The van der Waals surface area contributed by atoms with Gasteiger partial charge >= 0.3 is 0 Å². The van der Waals surface area contributed by atoms with Gasteiger partial charge in [-0.25, -0.2) is 4.98 Å². The van der Waals surface area contributed by atoms with Crippen molar-refractivity contribution in [3.8, 4) is 0 Å². The van der Waals surface area contributed by atoms with Crippen molar-refractivity contribution < 1.29 is 9.53 Å². The van der Waals surface area contributed by atoms with Crippen LogP contribution in [0, 0.1) is 0 Å². The molecule has 7 nitrogen and oxygen atoms in total. The van der Waals surface area contributed by atoms with Crippen LogP contribution >= 0.6 is 0 Å². The number of anilines is 3. The lowest BCUT2D eigenvalue weighted by Gasteiger charge is -2.22. The van der Waals surface area contributed by atoms with Gasteiger partial charge in [-0.1, -0.05) is 42.5 Å². The van der Waals surface area contributed by atoms with E-state index in [2.05, 4.69) is 44.8 Å². The molecule has 1 aliphatic heterocycles. The molecule has 0 saturated heterocycles. The van der Waals surface area contributed by atoms with Gasteiger partial charge in [-0.2, -0.15) is 0 Å². The Morgan fingerprint density at radius 1 is 1.09 bits per heavy atom. The molecule has 1 atom stereocenters. The Labute approximate surface area is 208 Å². The summed E-state index contributed by atoms with van der Waals surface area (Å²) in [5.74, 6) is 0.749. The Kier molecular flexibility index (Phi) is 8.34. The molecule has 1 aliphatic rings. The lowest BCUT2D eigenvalue weighted by molar-refractivity contribution is 0.0344. The number of nitrogens with zero attached hydrogens (tertiary/aromatic N) is 3. The minimum Gasteiger partial charge on any atom is -0.372 e. The van der Waals surface area contributed by atoms with E-state index < -0.39 is 0 Å². The number of benzene rings is 2. The van der Waals surface area contributed by atoms with Gasteiger partial charge in [-0.05, 0) is 50.2 Å². The molecule has 4 rings (SSSR count). The van der Waals surface area contributed by atoms with E-state index >= 15 is 0 Å². The monoisotopic (exact) mass is 473 g/mol. The summed E-state index contributed by atoms with van der Waals surface area (Å²) in [6.07, 6.45) is 2.57. The van der Waals surface area contributed by atoms with Crippen molar-refractivity contribution in [2.75, 3.05) is 55.4 Å². The first-order valence-corrected chi connectivity index (χ1v) is 12.3. The fraction of sp³-hybridized carbons (Fsp3) is 0.357. The van der Waals surface area contributed by atoms with Crippen LogP contribution in [0.3, 0.4) is 0 Å². The minimum absolute atomic E-state index is 0.00431. The summed E-state index contributed by atoms with van der Waals surface area (Å²) in [4.78, 5) is 21.9. The van der Waals surface area contributed by atoms with Crippen molar-refractivity contribution in [1.29, 1.82) is 0 Å². The second-order valence-electron chi connectivity index (χ2n) is 8.77. The lowest BCUT2D eigenvalue weighted by atomic mass is 10.1. The second kappa shape index (κ2) is 11.8. The molecular weight excluding hydrogens is 438 g/mol. The molecule has 0 saturated carbocycles. The maximum absolute atomic E-state index is 13.5. The van der Waals surface area contributed by atoms with E-state index in [0.717, 1.165) is 48.8 Å². The van der Waals surface area contributed by atoms with Gasteiger partial charge in [0.15, 0.2) is 0 Å². The third-order valence-corrected chi connectivity index (χ3v) is 6.29. The molecule has 1 aromatic heterocycles. The summed E-state index contributed by atoms with van der Waals surface area (Å²) < 4.78 is 6.35. The third kappa shape index (κ3) is 5.99. The van der Waals surface area contributed by atoms with E-state index in [1.165, 1.54) is 5.56 Å². The fourth-order valence-corrected chi connectivity index (χ4v) is 4.37. The molecule has 0 spiro atoms. The van der Waals surface area contributed by atoms with Crippen LogP contribution in [0.1, 0.15) is 40.9 Å². The van der Waals surface area contributed by atoms with Crippen LogP contribution in [-0.4, -0.2) is 51.2 Å². The van der Waals surface area contributed by atoms with Crippen LogP contribution in [0.15, 0.2) is 66.9 Å². The molecule has 1 unspecified atom stereocenters. The first kappa shape index (κ1) is 24.7. The first-order valence-electron chi connectivity index (χ1n) is 12.3. The van der Waals surface area contributed by atoms with E-state index in [4.69, 9.17) is 4.74 Å². The van der Waals surface area contributed by atoms with E-state index in [0.29, 0.717) is 18.7 Å². The minimum atomic E-state index is -0.0332. The normalized spacial score (nSPS) is 14.4. The van der Waals surface area contributed by atoms with Crippen LogP contribution < -0.4 is 20.4 Å². The molecule has 184 valence electrons. The SMILES string of the molecule is CCNc1cc2c(cn1)C(=O)N(c1cccc(COC(CCNC)c3ccccc3)c1)CCN2C. The maximum Gasteiger partial charge on any atom is 0.262 e. The third-order valence-electron chi connectivity index (χ3n) is 6.29. The van der Waals surface area contributed by atoms with Crippen molar-refractivity contribution in [1.82, 2.24) is 10.3 Å². The van der Waals surface area contributed by atoms with Gasteiger partial charge in [0.25, 0.3) is 5.91 Å². The second-order valence-corrected chi connectivity index (χ2v) is 8.77. The van der Waals surface area contributed by atoms with Crippen LogP contribution in [0.5, 0.6) is 0 Å². The molecule has 35 heavy (non-hydrogen) atoms. The number of ether oxygens (including phenoxy) is 1. The van der Waals surface area contributed by atoms with E-state index in [-0.39, 0.29) is 12.0 Å². The highest BCUT2D eigenvalue weighted by Gasteiger charge is 2.27. The Morgan fingerprint density at radius 3 is 2.69 bits per heavy atom. The molecule has 2 N–H and O–H groups in total. The molecule has 1 amide bonds. The van der Waals surface area contributed by atoms with Gasteiger partial charge < -0.3 is 25.2 Å². The van der Waals surface area contributed by atoms with Crippen molar-refractivity contribution in [3.05, 3.63) is 83.6 Å². The number of rotatable bonds is 10. The highest BCUT2D eigenvalue weighted by molar-refractivity contribution is 6.10. The van der Waals surface area contributed by atoms with Crippen LogP contribution in [0.4, 0.5) is 17.2 Å². The Hall–Kier alpha value is -3.42. The van der Waals surface area contributed by atoms with E-state index in [9.17, 15) is 4.79 Å². The van der Waals surface area contributed by atoms with Gasteiger partial charge in [0, 0.05) is 44.6 Å². The topological polar surface area (TPSA) is 69.7 Å². The van der Waals surface area contributed by atoms with Gasteiger partial charge in [0.2, 0.25) is 0 Å². The zero-order chi connectivity index (χ0) is 24.6. The number of fused-ring (bicyclic) bond motifs is 1. The summed E-state index contributed by atoms with van der Waals surface area (Å²) in [5.41, 5.74) is 4.60. The van der Waals surface area contributed by atoms with E-state index in [1.54, 1.807) is 6.20 Å². The average molecular weight is 474 g/mol. The number of amides is 1. The molecule has 0 fully saturated rings. The van der Waals surface area contributed by atoms with Crippen molar-refractivity contribution in [3.63, 3.8) is 0 Å². The fourth-order valence-electron chi connectivity index (χ4n) is 4.37. The van der Waals surface area contributed by atoms with Gasteiger partial charge in [0.05, 0.1) is 24.0 Å². The summed E-state index contributed by atoms with van der Waals surface area (Å²) in [5, 5.41) is 6.44. The number of carbonyl (C=O) groups is 1. The quantitative estimate of drug-likeness (QED) is 0.453. The highest BCUT2D eigenvalue weighted by Crippen LogP contribution is 2.29. The standard InChI is InChI=1S/C28H35N5O2/c1-4-30-27-18-25-24(19-31-27)28(34)33(16-15-32(25)3)23-12-8-9-21(17-23)20-35-26(13-14-29-2)22-10-6-5-7-11-22/h5-12,17-19,26,29H,4,13-16,20H2,1-3H3,(H,30,31). The number of carbonyl (C=O) groups excluding carboxylic acids is 1. The summed E-state index contributed by atoms with van der Waals surface area (Å²) >= 11 is 0. The van der Waals surface area contributed by atoms with Crippen molar-refractivity contribution >= 4 is 23.1 Å². The van der Waals surface area contributed by atoms with E-state index in [1.807, 2.05) is 62.3 Å². The molecule has 0 radical (unpaired) electrons. The zero-order valence-electron chi connectivity index (χ0n) is 20.8. The lowest BCUT2D eigenvalue weighted by Crippen LogP contribution is -2.33. The molecule has 3 aromatic rings. The van der Waals surface area contributed by atoms with Gasteiger partial charge in [-0.15, -0.1) is 0 Å². The van der Waals surface area contributed by atoms with Crippen molar-refractivity contribution in [2.45, 2.75) is 26.1 Å². The number of hydrogen-bond donors (Lipinski definition) is 2. The summed E-state index contributed by atoms with van der Waals surface area (Å²) in [6, 6.07) is 20.4. The maximum atomic E-state index is 13.5. The van der Waals surface area contributed by atoms with Crippen LogP contribution in [-0.2, 0) is 11.3 Å². The number of likely N-dealkylation sites (N-methyl/N-ethyl adjacent to an activating group) is 1.